The number of unbranched alkanes of at least 4 members (excludes halogenated alkanes) is 3. The molecule has 0 unspecified atom stereocenters. The van der Waals surface area contributed by atoms with E-state index in [0.29, 0.717) is 0 Å². The molecule has 1 N–H and O–H groups in total. The van der Waals surface area contributed by atoms with Crippen molar-refractivity contribution in [2.75, 3.05) is 0 Å². The molecule has 0 aromatic carbocycles. The zero-order valence-electron chi connectivity index (χ0n) is 14.6. The molecule has 2 nitrogen and oxygen atoms in total. The van der Waals surface area contributed by atoms with Gasteiger partial charge in [-0.25, -0.2) is 4.39 Å². The van der Waals surface area contributed by atoms with E-state index >= 15 is 0 Å². The molecule has 0 fully saturated rings. The minimum atomic E-state index is -0.387. The summed E-state index contributed by atoms with van der Waals surface area (Å²) >= 11 is 0. The third-order valence-corrected chi connectivity index (χ3v) is 2.99. The highest BCUT2D eigenvalue weighted by Gasteiger charge is 2.06. The van der Waals surface area contributed by atoms with Crippen LogP contribution >= 0.6 is 0 Å². The summed E-state index contributed by atoms with van der Waals surface area (Å²) < 4.78 is 14.3. The molecule has 0 saturated carbocycles. The summed E-state index contributed by atoms with van der Waals surface area (Å²) in [6.07, 6.45) is 12.0. The lowest BCUT2D eigenvalue weighted by Crippen LogP contribution is -2.19. The lowest BCUT2D eigenvalue weighted by Gasteiger charge is -2.06. The standard InChI is InChI=1S/C19H30FNO/c1-6-7-12-16(4)14-18(20)19(21-17(5)22)13-10-8-9-11-15(2)3/h11-14H,6-10H2,1-5H3,(H,21,22)/b16-12-,18-14+,19-13+. The number of carbonyl (C=O) groups is 1. The van der Waals surface area contributed by atoms with Crippen molar-refractivity contribution in [2.45, 2.75) is 66.7 Å². The van der Waals surface area contributed by atoms with Crippen molar-refractivity contribution in [3.8, 4) is 0 Å². The van der Waals surface area contributed by atoms with Crippen LogP contribution in [0.3, 0.4) is 0 Å². The zero-order chi connectivity index (χ0) is 17.0. The first-order valence-electron chi connectivity index (χ1n) is 8.02. The van der Waals surface area contributed by atoms with Gasteiger partial charge in [0.15, 0.2) is 0 Å². The molecule has 3 heteroatoms. The Hall–Kier alpha value is -1.64. The highest BCUT2D eigenvalue weighted by atomic mass is 19.1. The molecule has 0 spiro atoms. The molecule has 1 amide bonds. The number of halogens is 1. The molecule has 0 aliphatic heterocycles. The minimum absolute atomic E-state index is 0.255. The van der Waals surface area contributed by atoms with E-state index in [0.717, 1.165) is 37.7 Å². The van der Waals surface area contributed by atoms with Gasteiger partial charge in [0.2, 0.25) is 5.91 Å². The van der Waals surface area contributed by atoms with Gasteiger partial charge in [0.1, 0.15) is 5.83 Å². The first kappa shape index (κ1) is 20.4. The Morgan fingerprint density at radius 1 is 1.00 bits per heavy atom. The Morgan fingerprint density at radius 2 is 1.64 bits per heavy atom. The van der Waals surface area contributed by atoms with E-state index in [1.807, 2.05) is 13.0 Å². The number of allylic oxidation sites excluding steroid dienone is 7. The fraction of sp³-hybridized carbons (Fsp3) is 0.526. The summed E-state index contributed by atoms with van der Waals surface area (Å²) in [6, 6.07) is 0. The van der Waals surface area contributed by atoms with Crippen molar-refractivity contribution in [1.82, 2.24) is 5.32 Å². The molecule has 0 aliphatic rings. The molecule has 22 heavy (non-hydrogen) atoms. The van der Waals surface area contributed by atoms with E-state index in [-0.39, 0.29) is 17.4 Å². The van der Waals surface area contributed by atoms with Crippen LogP contribution in [0.15, 0.2) is 47.0 Å². The third kappa shape index (κ3) is 11.1. The molecule has 0 aromatic rings. The van der Waals surface area contributed by atoms with Gasteiger partial charge >= 0.3 is 0 Å². The van der Waals surface area contributed by atoms with Crippen LogP contribution in [0, 0.1) is 0 Å². The first-order chi connectivity index (χ1) is 10.4. The molecule has 0 rings (SSSR count). The summed E-state index contributed by atoms with van der Waals surface area (Å²) in [4.78, 5) is 11.2. The maximum absolute atomic E-state index is 14.3. The lowest BCUT2D eigenvalue weighted by atomic mass is 10.1. The van der Waals surface area contributed by atoms with Gasteiger partial charge in [-0.2, -0.15) is 0 Å². The minimum Gasteiger partial charge on any atom is -0.324 e. The predicted molar refractivity (Wildman–Crippen MR) is 93.0 cm³/mol. The van der Waals surface area contributed by atoms with E-state index in [9.17, 15) is 9.18 Å². The zero-order valence-corrected chi connectivity index (χ0v) is 14.6. The maximum atomic E-state index is 14.3. The van der Waals surface area contributed by atoms with Crippen molar-refractivity contribution in [3.05, 3.63) is 47.0 Å². The molecular weight excluding hydrogens is 277 g/mol. The average Bonchev–Trinajstić information content (AvgIpc) is 2.42. The fourth-order valence-electron chi connectivity index (χ4n) is 1.86. The second-order valence-electron chi connectivity index (χ2n) is 5.74. The van der Waals surface area contributed by atoms with Crippen molar-refractivity contribution in [2.24, 2.45) is 0 Å². The Labute approximate surface area is 134 Å². The number of hydrogen-bond donors (Lipinski definition) is 1. The maximum Gasteiger partial charge on any atom is 0.221 e. The Balaban J connectivity index is 4.84. The van der Waals surface area contributed by atoms with Crippen LogP contribution in [-0.4, -0.2) is 5.91 Å². The summed E-state index contributed by atoms with van der Waals surface area (Å²) in [5.41, 5.74) is 2.43. The largest absolute Gasteiger partial charge is 0.324 e. The quantitative estimate of drug-likeness (QED) is 0.328. The number of nitrogens with one attached hydrogen (secondary N) is 1. The van der Waals surface area contributed by atoms with Gasteiger partial charge in [0.25, 0.3) is 0 Å². The molecule has 0 aliphatic carbocycles. The lowest BCUT2D eigenvalue weighted by molar-refractivity contribution is -0.118. The SMILES string of the molecule is CCC\C=C(C)/C=C(F)\C(=C/CCCC=C(C)C)NC(C)=O. The van der Waals surface area contributed by atoms with Gasteiger partial charge in [-0.15, -0.1) is 0 Å². The second kappa shape index (κ2) is 12.0. The molecular formula is C19H30FNO. The number of carbonyl (C=O) groups excluding carboxylic acids is 1. The van der Waals surface area contributed by atoms with Gasteiger partial charge < -0.3 is 5.32 Å². The van der Waals surface area contributed by atoms with Crippen LogP contribution in [0.4, 0.5) is 4.39 Å². The summed E-state index contributed by atoms with van der Waals surface area (Å²) in [6.45, 7) is 9.47. The fourth-order valence-corrected chi connectivity index (χ4v) is 1.86. The van der Waals surface area contributed by atoms with E-state index in [1.165, 1.54) is 18.6 Å². The summed E-state index contributed by atoms with van der Waals surface area (Å²) in [5.74, 6) is -0.642. The molecule has 0 heterocycles. The van der Waals surface area contributed by atoms with E-state index in [2.05, 4.69) is 32.2 Å². The second-order valence-corrected chi connectivity index (χ2v) is 5.74. The normalized spacial score (nSPS) is 13.1. The molecule has 124 valence electrons. The third-order valence-electron chi connectivity index (χ3n) is 2.99. The van der Waals surface area contributed by atoms with Crippen molar-refractivity contribution >= 4 is 5.91 Å². The first-order valence-corrected chi connectivity index (χ1v) is 8.02. The predicted octanol–water partition coefficient (Wildman–Crippen LogP) is 5.74. The van der Waals surface area contributed by atoms with Crippen LogP contribution < -0.4 is 5.32 Å². The van der Waals surface area contributed by atoms with E-state index in [4.69, 9.17) is 0 Å². The topological polar surface area (TPSA) is 29.1 Å². The molecule has 0 atom stereocenters. The van der Waals surface area contributed by atoms with Gasteiger partial charge in [-0.05, 0) is 52.5 Å². The van der Waals surface area contributed by atoms with E-state index in [1.54, 1.807) is 6.08 Å². The average molecular weight is 307 g/mol. The van der Waals surface area contributed by atoms with Crippen LogP contribution in [0.2, 0.25) is 0 Å². The van der Waals surface area contributed by atoms with Crippen LogP contribution in [0.25, 0.3) is 0 Å². The molecule has 0 radical (unpaired) electrons. The summed E-state index contributed by atoms with van der Waals surface area (Å²) in [5, 5.41) is 2.58. The Bertz CT molecular complexity index is 466. The van der Waals surface area contributed by atoms with Gasteiger partial charge in [-0.1, -0.05) is 42.7 Å². The van der Waals surface area contributed by atoms with Gasteiger partial charge in [-0.3, -0.25) is 4.79 Å². The summed E-state index contributed by atoms with van der Waals surface area (Å²) in [7, 11) is 0. The van der Waals surface area contributed by atoms with Gasteiger partial charge in [0.05, 0.1) is 5.70 Å². The van der Waals surface area contributed by atoms with Crippen LogP contribution in [0.1, 0.15) is 66.7 Å². The van der Waals surface area contributed by atoms with Crippen LogP contribution in [0.5, 0.6) is 0 Å². The van der Waals surface area contributed by atoms with E-state index < -0.39 is 0 Å². The Kier molecular flexibility index (Phi) is 11.1. The molecule has 0 aromatic heterocycles. The van der Waals surface area contributed by atoms with Crippen molar-refractivity contribution in [1.29, 1.82) is 0 Å². The number of hydrogen-bond acceptors (Lipinski definition) is 1. The highest BCUT2D eigenvalue weighted by molar-refractivity contribution is 5.75. The highest BCUT2D eigenvalue weighted by Crippen LogP contribution is 2.15. The number of rotatable bonds is 9. The monoisotopic (exact) mass is 307 g/mol. The number of amides is 1. The smallest absolute Gasteiger partial charge is 0.221 e. The Morgan fingerprint density at radius 3 is 2.18 bits per heavy atom. The molecule has 0 bridgehead atoms. The van der Waals surface area contributed by atoms with Crippen molar-refractivity contribution < 1.29 is 9.18 Å². The molecule has 0 saturated heterocycles. The van der Waals surface area contributed by atoms with Gasteiger partial charge in [0, 0.05) is 6.92 Å². The van der Waals surface area contributed by atoms with Crippen molar-refractivity contribution in [3.63, 3.8) is 0 Å². The van der Waals surface area contributed by atoms with Crippen LogP contribution in [-0.2, 0) is 4.79 Å².